The van der Waals surface area contributed by atoms with E-state index in [1.807, 2.05) is 19.1 Å². The standard InChI is InChI=1S/C22H20N2O3S/c1-14-8-10-16(11-9-14)20(26)21(24-22(27)19-7-4-12-28-19)23-18-6-3-5-17(13-18)15(2)25/h3-13,21,23H,1-2H3,(H,24,27). The second-order valence-electron chi connectivity index (χ2n) is 6.40. The number of benzene rings is 2. The van der Waals surface area contributed by atoms with Crippen LogP contribution in [0.25, 0.3) is 0 Å². The Kier molecular flexibility index (Phi) is 6.01. The molecule has 2 aromatic carbocycles. The first kappa shape index (κ1) is 19.5. The number of ketones is 2. The van der Waals surface area contributed by atoms with Gasteiger partial charge in [-0.3, -0.25) is 14.4 Å². The van der Waals surface area contributed by atoms with E-state index in [0.717, 1.165) is 5.56 Å². The summed E-state index contributed by atoms with van der Waals surface area (Å²) in [6, 6.07) is 17.5. The van der Waals surface area contributed by atoms with Gasteiger partial charge >= 0.3 is 0 Å². The maximum atomic E-state index is 13.0. The highest BCUT2D eigenvalue weighted by molar-refractivity contribution is 7.12. The molecular formula is C22H20N2O3S. The van der Waals surface area contributed by atoms with Crippen molar-refractivity contribution in [2.24, 2.45) is 0 Å². The van der Waals surface area contributed by atoms with Gasteiger partial charge in [0.1, 0.15) is 0 Å². The van der Waals surface area contributed by atoms with Crippen LogP contribution in [0, 0.1) is 6.92 Å². The fraction of sp³-hybridized carbons (Fsp3) is 0.136. The Hall–Kier alpha value is -3.25. The van der Waals surface area contributed by atoms with E-state index in [1.54, 1.807) is 53.9 Å². The van der Waals surface area contributed by atoms with Crippen molar-refractivity contribution in [3.8, 4) is 0 Å². The maximum Gasteiger partial charge on any atom is 0.263 e. The normalized spacial score (nSPS) is 11.5. The van der Waals surface area contributed by atoms with E-state index in [4.69, 9.17) is 0 Å². The molecule has 1 amide bonds. The number of thiophene rings is 1. The van der Waals surface area contributed by atoms with Crippen LogP contribution in [0.15, 0.2) is 66.0 Å². The van der Waals surface area contributed by atoms with Gasteiger partial charge in [0, 0.05) is 16.8 Å². The molecule has 0 spiro atoms. The molecule has 1 unspecified atom stereocenters. The van der Waals surface area contributed by atoms with E-state index in [-0.39, 0.29) is 17.5 Å². The molecule has 0 saturated carbocycles. The Morgan fingerprint density at radius 3 is 2.32 bits per heavy atom. The van der Waals surface area contributed by atoms with Gasteiger partial charge in [0.05, 0.1) is 4.88 Å². The molecule has 0 fully saturated rings. The minimum Gasteiger partial charge on any atom is -0.359 e. The molecular weight excluding hydrogens is 372 g/mol. The molecule has 1 atom stereocenters. The number of anilines is 1. The van der Waals surface area contributed by atoms with Gasteiger partial charge < -0.3 is 10.6 Å². The summed E-state index contributed by atoms with van der Waals surface area (Å²) in [6.45, 7) is 3.42. The molecule has 3 aromatic rings. The lowest BCUT2D eigenvalue weighted by Gasteiger charge is -2.20. The second-order valence-corrected chi connectivity index (χ2v) is 7.34. The zero-order valence-corrected chi connectivity index (χ0v) is 16.4. The summed E-state index contributed by atoms with van der Waals surface area (Å²) in [6.07, 6.45) is -0.973. The summed E-state index contributed by atoms with van der Waals surface area (Å²) in [5.74, 6) is -0.679. The fourth-order valence-corrected chi connectivity index (χ4v) is 3.28. The van der Waals surface area contributed by atoms with E-state index in [9.17, 15) is 14.4 Å². The Balaban J connectivity index is 1.88. The van der Waals surface area contributed by atoms with E-state index in [2.05, 4.69) is 10.6 Å². The molecule has 0 saturated heterocycles. The molecule has 142 valence electrons. The molecule has 5 nitrogen and oxygen atoms in total. The van der Waals surface area contributed by atoms with Crippen LogP contribution in [0.1, 0.15) is 42.9 Å². The Labute approximate surface area is 167 Å². The number of amides is 1. The van der Waals surface area contributed by atoms with Gasteiger partial charge in [0.15, 0.2) is 11.9 Å². The molecule has 1 heterocycles. The van der Waals surface area contributed by atoms with E-state index in [1.165, 1.54) is 18.3 Å². The van der Waals surface area contributed by atoms with Crippen molar-refractivity contribution >= 4 is 34.5 Å². The molecule has 2 N–H and O–H groups in total. The van der Waals surface area contributed by atoms with Crippen molar-refractivity contribution in [3.05, 3.63) is 87.6 Å². The van der Waals surface area contributed by atoms with Gasteiger partial charge in [-0.2, -0.15) is 0 Å². The third-order valence-corrected chi connectivity index (χ3v) is 5.07. The Morgan fingerprint density at radius 1 is 0.929 bits per heavy atom. The first-order valence-corrected chi connectivity index (χ1v) is 9.65. The smallest absolute Gasteiger partial charge is 0.263 e. The first-order chi connectivity index (χ1) is 13.4. The minimum absolute atomic E-state index is 0.0762. The highest BCUT2D eigenvalue weighted by Crippen LogP contribution is 2.15. The van der Waals surface area contributed by atoms with Gasteiger partial charge in [-0.15, -0.1) is 11.3 Å². The number of Topliss-reactive ketones (excluding diaryl/α,β-unsaturated/α-hetero) is 2. The molecule has 28 heavy (non-hydrogen) atoms. The average molecular weight is 392 g/mol. The maximum absolute atomic E-state index is 13.0. The predicted octanol–water partition coefficient (Wildman–Crippen LogP) is 4.31. The third kappa shape index (κ3) is 4.72. The van der Waals surface area contributed by atoms with Gasteiger partial charge in [-0.05, 0) is 37.4 Å². The van der Waals surface area contributed by atoms with Crippen LogP contribution in [-0.4, -0.2) is 23.6 Å². The Morgan fingerprint density at radius 2 is 1.68 bits per heavy atom. The average Bonchev–Trinajstić information content (AvgIpc) is 3.22. The minimum atomic E-state index is -0.973. The monoisotopic (exact) mass is 392 g/mol. The third-order valence-electron chi connectivity index (χ3n) is 4.20. The molecule has 6 heteroatoms. The van der Waals surface area contributed by atoms with E-state index >= 15 is 0 Å². The molecule has 0 bridgehead atoms. The molecule has 0 aliphatic heterocycles. The summed E-state index contributed by atoms with van der Waals surface area (Å²) in [4.78, 5) is 37.7. The van der Waals surface area contributed by atoms with E-state index in [0.29, 0.717) is 21.7 Å². The number of nitrogens with one attached hydrogen (secondary N) is 2. The lowest BCUT2D eigenvalue weighted by atomic mass is 10.1. The zero-order valence-electron chi connectivity index (χ0n) is 15.6. The Bertz CT molecular complexity index is 995. The number of rotatable bonds is 7. The van der Waals surface area contributed by atoms with Crippen LogP contribution in [0.5, 0.6) is 0 Å². The van der Waals surface area contributed by atoms with Crippen molar-refractivity contribution < 1.29 is 14.4 Å². The molecule has 1 aromatic heterocycles. The molecule has 0 aliphatic rings. The quantitative estimate of drug-likeness (QED) is 0.464. The first-order valence-electron chi connectivity index (χ1n) is 8.77. The number of carbonyl (C=O) groups excluding carboxylic acids is 3. The van der Waals surface area contributed by atoms with Crippen molar-refractivity contribution in [1.29, 1.82) is 0 Å². The van der Waals surface area contributed by atoms with Gasteiger partial charge in [0.25, 0.3) is 5.91 Å². The van der Waals surface area contributed by atoms with Crippen molar-refractivity contribution in [2.45, 2.75) is 20.0 Å². The molecule has 3 rings (SSSR count). The summed E-state index contributed by atoms with van der Waals surface area (Å²) >= 11 is 1.30. The number of hydrogen-bond acceptors (Lipinski definition) is 5. The van der Waals surface area contributed by atoms with Crippen molar-refractivity contribution in [2.75, 3.05) is 5.32 Å². The highest BCUT2D eigenvalue weighted by Gasteiger charge is 2.23. The lowest BCUT2D eigenvalue weighted by molar-refractivity contribution is 0.0872. The lowest BCUT2D eigenvalue weighted by Crippen LogP contribution is -2.46. The topological polar surface area (TPSA) is 75.3 Å². The van der Waals surface area contributed by atoms with Crippen molar-refractivity contribution in [3.63, 3.8) is 0 Å². The van der Waals surface area contributed by atoms with Gasteiger partial charge in [0.2, 0.25) is 5.78 Å². The van der Waals surface area contributed by atoms with E-state index < -0.39 is 6.17 Å². The van der Waals surface area contributed by atoms with Crippen LogP contribution in [-0.2, 0) is 0 Å². The molecule has 0 aliphatic carbocycles. The fourth-order valence-electron chi connectivity index (χ4n) is 2.66. The predicted molar refractivity (Wildman–Crippen MR) is 111 cm³/mol. The summed E-state index contributed by atoms with van der Waals surface area (Å²) in [7, 11) is 0. The number of hydrogen-bond donors (Lipinski definition) is 2. The van der Waals surface area contributed by atoms with Crippen LogP contribution in [0.4, 0.5) is 5.69 Å². The highest BCUT2D eigenvalue weighted by atomic mass is 32.1. The van der Waals surface area contributed by atoms with Crippen LogP contribution < -0.4 is 10.6 Å². The largest absolute Gasteiger partial charge is 0.359 e. The van der Waals surface area contributed by atoms with Crippen LogP contribution in [0.3, 0.4) is 0 Å². The van der Waals surface area contributed by atoms with Crippen LogP contribution in [0.2, 0.25) is 0 Å². The second kappa shape index (κ2) is 8.63. The van der Waals surface area contributed by atoms with Crippen molar-refractivity contribution in [1.82, 2.24) is 5.32 Å². The summed E-state index contributed by atoms with van der Waals surface area (Å²) < 4.78 is 0. The summed E-state index contributed by atoms with van der Waals surface area (Å²) in [5.41, 5.74) is 2.62. The van der Waals surface area contributed by atoms with Gasteiger partial charge in [-0.1, -0.05) is 48.0 Å². The zero-order chi connectivity index (χ0) is 20.1. The SMILES string of the molecule is CC(=O)c1cccc(NC(NC(=O)c2cccs2)C(=O)c2ccc(C)cc2)c1. The number of carbonyl (C=O) groups is 3. The van der Waals surface area contributed by atoms with Crippen LogP contribution >= 0.6 is 11.3 Å². The summed E-state index contributed by atoms with van der Waals surface area (Å²) in [5, 5.41) is 7.61. The van der Waals surface area contributed by atoms with Gasteiger partial charge in [-0.25, -0.2) is 0 Å². The number of aryl methyl sites for hydroxylation is 1. The molecule has 0 radical (unpaired) electrons.